The van der Waals surface area contributed by atoms with Crippen molar-refractivity contribution < 1.29 is 9.90 Å². The van der Waals surface area contributed by atoms with E-state index in [1.54, 1.807) is 0 Å². The molecule has 0 bridgehead atoms. The number of hydrogen-bond donors (Lipinski definition) is 2. The van der Waals surface area contributed by atoms with Crippen molar-refractivity contribution in [2.45, 2.75) is 83.7 Å². The number of rotatable bonds is 12. The van der Waals surface area contributed by atoms with Gasteiger partial charge in [0.2, 0.25) is 5.91 Å². The summed E-state index contributed by atoms with van der Waals surface area (Å²) in [5.41, 5.74) is 5.04. The van der Waals surface area contributed by atoms with Gasteiger partial charge >= 0.3 is 0 Å². The summed E-state index contributed by atoms with van der Waals surface area (Å²) in [5.74, 6) is -0.270. The van der Waals surface area contributed by atoms with Gasteiger partial charge in [-0.05, 0) is 19.3 Å². The Balaban J connectivity index is 3.16. The molecule has 1 atom stereocenters. The van der Waals surface area contributed by atoms with Crippen LogP contribution in [0.1, 0.15) is 77.6 Å². The van der Waals surface area contributed by atoms with Gasteiger partial charge in [0.1, 0.15) is 0 Å². The first-order chi connectivity index (χ1) is 8.16. The summed E-state index contributed by atoms with van der Waals surface area (Å²) in [6.07, 6.45) is 11.4. The summed E-state index contributed by atoms with van der Waals surface area (Å²) in [6.45, 7) is 2.22. The van der Waals surface area contributed by atoms with Gasteiger partial charge in [-0.2, -0.15) is 0 Å². The predicted octanol–water partition coefficient (Wildman–Crippen LogP) is 3.14. The second kappa shape index (κ2) is 11.9. The Morgan fingerprint density at radius 1 is 1.00 bits per heavy atom. The Bertz CT molecular complexity index is 183. The van der Waals surface area contributed by atoms with E-state index < -0.39 is 0 Å². The summed E-state index contributed by atoms with van der Waals surface area (Å²) >= 11 is 0. The first-order valence-electron chi connectivity index (χ1n) is 7.13. The molecule has 0 aliphatic rings. The molecule has 102 valence electrons. The third-order valence-electron chi connectivity index (χ3n) is 3.10. The van der Waals surface area contributed by atoms with Gasteiger partial charge in [0.05, 0.1) is 6.10 Å². The maximum absolute atomic E-state index is 10.5. The van der Waals surface area contributed by atoms with E-state index in [1.165, 1.54) is 38.5 Å². The number of aliphatic hydroxyl groups is 1. The van der Waals surface area contributed by atoms with Gasteiger partial charge in [-0.1, -0.05) is 51.9 Å². The van der Waals surface area contributed by atoms with Crippen molar-refractivity contribution in [1.29, 1.82) is 0 Å². The minimum absolute atomic E-state index is 0.245. The summed E-state index contributed by atoms with van der Waals surface area (Å²) in [5, 5.41) is 9.65. The lowest BCUT2D eigenvalue weighted by Crippen LogP contribution is -2.12. The summed E-state index contributed by atoms with van der Waals surface area (Å²) < 4.78 is 0. The first kappa shape index (κ1) is 16.4. The third kappa shape index (κ3) is 13.4. The molecule has 3 heteroatoms. The highest BCUT2D eigenvalue weighted by Crippen LogP contribution is 2.12. The zero-order valence-electron chi connectivity index (χ0n) is 11.3. The molecule has 0 aromatic rings. The number of nitrogens with two attached hydrogens (primary N) is 1. The molecule has 0 radical (unpaired) electrons. The normalized spacial score (nSPS) is 12.6. The Morgan fingerprint density at radius 3 is 2.12 bits per heavy atom. The van der Waals surface area contributed by atoms with Crippen molar-refractivity contribution in [1.82, 2.24) is 0 Å². The molecule has 0 aromatic heterocycles. The summed E-state index contributed by atoms with van der Waals surface area (Å²) in [6, 6.07) is 0. The lowest BCUT2D eigenvalue weighted by Gasteiger charge is -2.09. The lowest BCUT2D eigenvalue weighted by atomic mass is 10.0. The van der Waals surface area contributed by atoms with E-state index in [4.69, 9.17) is 5.73 Å². The van der Waals surface area contributed by atoms with Gasteiger partial charge in [0.25, 0.3) is 0 Å². The van der Waals surface area contributed by atoms with Crippen LogP contribution in [0, 0.1) is 0 Å². The maximum atomic E-state index is 10.5. The van der Waals surface area contributed by atoms with Gasteiger partial charge in [-0.3, -0.25) is 4.79 Å². The van der Waals surface area contributed by atoms with Crippen LogP contribution in [0.15, 0.2) is 0 Å². The van der Waals surface area contributed by atoms with E-state index in [0.29, 0.717) is 19.3 Å². The number of primary amides is 1. The fraction of sp³-hybridized carbons (Fsp3) is 0.929. The van der Waals surface area contributed by atoms with Crippen molar-refractivity contribution in [3.05, 3.63) is 0 Å². The molecule has 0 fully saturated rings. The van der Waals surface area contributed by atoms with Crippen LogP contribution < -0.4 is 5.73 Å². The highest BCUT2D eigenvalue weighted by Gasteiger charge is 2.04. The molecule has 0 aromatic carbocycles. The molecule has 3 N–H and O–H groups in total. The minimum atomic E-state index is -0.270. The Hall–Kier alpha value is -0.570. The number of amides is 1. The van der Waals surface area contributed by atoms with Crippen LogP contribution in [0.25, 0.3) is 0 Å². The molecule has 1 unspecified atom stereocenters. The van der Waals surface area contributed by atoms with Gasteiger partial charge < -0.3 is 10.8 Å². The standard InChI is InChI=1S/C14H29NO2/c1-2-3-4-5-6-7-8-10-13(16)11-9-12-14(15)17/h13,16H,2-12H2,1H3,(H2,15,17). The van der Waals surface area contributed by atoms with Crippen LogP contribution in [0.2, 0.25) is 0 Å². The van der Waals surface area contributed by atoms with E-state index in [-0.39, 0.29) is 12.0 Å². The van der Waals surface area contributed by atoms with Crippen LogP contribution in [-0.4, -0.2) is 17.1 Å². The Labute approximate surface area is 106 Å². The molecule has 0 rings (SSSR count). The van der Waals surface area contributed by atoms with Crippen LogP contribution in [0.5, 0.6) is 0 Å². The number of carbonyl (C=O) groups excluding carboxylic acids is 1. The zero-order chi connectivity index (χ0) is 12.9. The van der Waals surface area contributed by atoms with E-state index in [9.17, 15) is 9.90 Å². The summed E-state index contributed by atoms with van der Waals surface area (Å²) in [7, 11) is 0. The van der Waals surface area contributed by atoms with Crippen molar-refractivity contribution in [3.63, 3.8) is 0 Å². The van der Waals surface area contributed by atoms with Gasteiger partial charge in [0.15, 0.2) is 0 Å². The zero-order valence-corrected chi connectivity index (χ0v) is 11.3. The number of aliphatic hydroxyl groups excluding tert-OH is 1. The molecule has 0 aliphatic carbocycles. The first-order valence-corrected chi connectivity index (χ1v) is 7.13. The Morgan fingerprint density at radius 2 is 1.53 bits per heavy atom. The van der Waals surface area contributed by atoms with E-state index in [2.05, 4.69) is 6.92 Å². The number of hydrogen-bond acceptors (Lipinski definition) is 2. The van der Waals surface area contributed by atoms with Gasteiger partial charge in [-0.15, -0.1) is 0 Å². The lowest BCUT2D eigenvalue weighted by molar-refractivity contribution is -0.118. The highest BCUT2D eigenvalue weighted by molar-refractivity contribution is 5.73. The van der Waals surface area contributed by atoms with Crippen LogP contribution in [0.3, 0.4) is 0 Å². The molecule has 1 amide bonds. The predicted molar refractivity (Wildman–Crippen MR) is 71.7 cm³/mol. The SMILES string of the molecule is CCCCCCCCCC(O)CCCC(N)=O. The van der Waals surface area contributed by atoms with E-state index >= 15 is 0 Å². The second-order valence-electron chi connectivity index (χ2n) is 4.92. The number of carbonyl (C=O) groups is 1. The molecule has 0 spiro atoms. The van der Waals surface area contributed by atoms with Crippen molar-refractivity contribution in [3.8, 4) is 0 Å². The monoisotopic (exact) mass is 243 g/mol. The molecular formula is C14H29NO2. The van der Waals surface area contributed by atoms with Crippen molar-refractivity contribution in [2.75, 3.05) is 0 Å². The molecule has 0 aliphatic heterocycles. The van der Waals surface area contributed by atoms with Crippen LogP contribution in [0.4, 0.5) is 0 Å². The molecule has 17 heavy (non-hydrogen) atoms. The average Bonchev–Trinajstić information content (AvgIpc) is 2.27. The topological polar surface area (TPSA) is 63.3 Å². The quantitative estimate of drug-likeness (QED) is 0.517. The molecule has 3 nitrogen and oxygen atoms in total. The van der Waals surface area contributed by atoms with Gasteiger partial charge in [0, 0.05) is 6.42 Å². The van der Waals surface area contributed by atoms with Crippen LogP contribution >= 0.6 is 0 Å². The van der Waals surface area contributed by atoms with Crippen molar-refractivity contribution >= 4 is 5.91 Å². The largest absolute Gasteiger partial charge is 0.393 e. The molecule has 0 saturated carbocycles. The fourth-order valence-corrected chi connectivity index (χ4v) is 1.99. The molecular weight excluding hydrogens is 214 g/mol. The summed E-state index contributed by atoms with van der Waals surface area (Å²) in [4.78, 5) is 10.5. The van der Waals surface area contributed by atoms with Crippen LogP contribution in [-0.2, 0) is 4.79 Å². The maximum Gasteiger partial charge on any atom is 0.217 e. The highest BCUT2D eigenvalue weighted by atomic mass is 16.3. The molecule has 0 heterocycles. The van der Waals surface area contributed by atoms with Gasteiger partial charge in [-0.25, -0.2) is 0 Å². The third-order valence-corrected chi connectivity index (χ3v) is 3.10. The van der Waals surface area contributed by atoms with Crippen molar-refractivity contribution in [2.24, 2.45) is 5.73 Å². The number of unbranched alkanes of at least 4 members (excludes halogenated alkanes) is 6. The Kier molecular flexibility index (Phi) is 11.5. The minimum Gasteiger partial charge on any atom is -0.393 e. The fourth-order valence-electron chi connectivity index (χ4n) is 1.99. The smallest absolute Gasteiger partial charge is 0.217 e. The van der Waals surface area contributed by atoms with E-state index in [1.807, 2.05) is 0 Å². The molecule has 0 saturated heterocycles. The second-order valence-corrected chi connectivity index (χ2v) is 4.92. The van der Waals surface area contributed by atoms with E-state index in [0.717, 1.165) is 12.8 Å². The average molecular weight is 243 g/mol.